The molecule has 1 aliphatic rings. The smallest absolute Gasteiger partial charge is 0.317 e. The summed E-state index contributed by atoms with van der Waals surface area (Å²) in [5, 5.41) is 3.03. The molecule has 1 atom stereocenters. The molecule has 0 aliphatic carbocycles. The molecule has 1 aromatic heterocycles. The van der Waals surface area contributed by atoms with Crippen LogP contribution in [0.4, 0.5) is 4.79 Å². The van der Waals surface area contributed by atoms with Crippen molar-refractivity contribution in [2.75, 3.05) is 40.3 Å². The Hall–Kier alpha value is -1.62. The third kappa shape index (κ3) is 4.70. The lowest BCUT2D eigenvalue weighted by molar-refractivity contribution is 0.205. The van der Waals surface area contributed by atoms with Gasteiger partial charge in [0.15, 0.2) is 0 Å². The molecule has 2 heterocycles. The van der Waals surface area contributed by atoms with Gasteiger partial charge >= 0.3 is 6.03 Å². The van der Waals surface area contributed by atoms with Gasteiger partial charge in [-0.25, -0.2) is 4.79 Å². The van der Waals surface area contributed by atoms with Crippen molar-refractivity contribution >= 4 is 6.03 Å². The Kier molecular flexibility index (Phi) is 5.56. The average molecular weight is 290 g/mol. The van der Waals surface area contributed by atoms with Crippen molar-refractivity contribution < 1.29 is 4.79 Å². The highest BCUT2D eigenvalue weighted by atomic mass is 16.2. The van der Waals surface area contributed by atoms with Gasteiger partial charge in [-0.1, -0.05) is 0 Å². The molecule has 1 aromatic rings. The van der Waals surface area contributed by atoms with Crippen molar-refractivity contribution in [2.45, 2.75) is 19.8 Å². The third-order valence-corrected chi connectivity index (χ3v) is 4.00. The number of nitrogens with one attached hydrogen (secondary N) is 1. The lowest BCUT2D eigenvalue weighted by atomic mass is 10.1. The molecular weight excluding hydrogens is 264 g/mol. The van der Waals surface area contributed by atoms with Crippen LogP contribution in [0.1, 0.15) is 17.5 Å². The maximum atomic E-state index is 12.1. The molecule has 1 fully saturated rings. The molecule has 2 amide bonds. The zero-order chi connectivity index (χ0) is 15.2. The summed E-state index contributed by atoms with van der Waals surface area (Å²) in [5.41, 5.74) is 2.43. The normalized spacial score (nSPS) is 18.3. The van der Waals surface area contributed by atoms with Crippen molar-refractivity contribution in [1.82, 2.24) is 20.1 Å². The summed E-state index contributed by atoms with van der Waals surface area (Å²) in [6.07, 6.45) is 5.63. The molecule has 0 aromatic carbocycles. The van der Waals surface area contributed by atoms with E-state index in [0.29, 0.717) is 12.5 Å². The Morgan fingerprint density at radius 1 is 1.52 bits per heavy atom. The fourth-order valence-electron chi connectivity index (χ4n) is 2.88. The number of likely N-dealkylation sites (tertiary alicyclic amines) is 1. The molecular formula is C16H26N4O. The maximum absolute atomic E-state index is 12.1. The number of hydrogen-bond donors (Lipinski definition) is 1. The van der Waals surface area contributed by atoms with E-state index in [1.165, 1.54) is 11.1 Å². The summed E-state index contributed by atoms with van der Waals surface area (Å²) in [6.45, 7) is 5.53. The molecule has 0 spiro atoms. The maximum Gasteiger partial charge on any atom is 0.317 e. The summed E-state index contributed by atoms with van der Waals surface area (Å²) in [5.74, 6) is 0.605. The predicted octanol–water partition coefficient (Wildman–Crippen LogP) is 1.53. The molecule has 1 N–H and O–H groups in total. The first kappa shape index (κ1) is 15.8. The Morgan fingerprint density at radius 2 is 2.33 bits per heavy atom. The zero-order valence-electron chi connectivity index (χ0n) is 13.3. The van der Waals surface area contributed by atoms with Gasteiger partial charge in [-0.2, -0.15) is 0 Å². The Bertz CT molecular complexity index is 475. The van der Waals surface area contributed by atoms with Crippen LogP contribution in [0.15, 0.2) is 18.5 Å². The van der Waals surface area contributed by atoms with E-state index in [1.807, 2.05) is 17.2 Å². The number of rotatable bonds is 5. The van der Waals surface area contributed by atoms with E-state index in [2.05, 4.69) is 36.2 Å². The summed E-state index contributed by atoms with van der Waals surface area (Å²) in [4.78, 5) is 20.4. The minimum Gasteiger partial charge on any atom is -0.338 e. The Labute approximate surface area is 127 Å². The number of aryl methyl sites for hydroxylation is 1. The highest BCUT2D eigenvalue weighted by Gasteiger charge is 2.26. The van der Waals surface area contributed by atoms with Gasteiger partial charge in [0.25, 0.3) is 0 Å². The average Bonchev–Trinajstić information content (AvgIpc) is 2.88. The van der Waals surface area contributed by atoms with Gasteiger partial charge < -0.3 is 15.1 Å². The van der Waals surface area contributed by atoms with Crippen LogP contribution in [0, 0.1) is 12.8 Å². The molecule has 116 valence electrons. The summed E-state index contributed by atoms with van der Waals surface area (Å²) in [7, 11) is 4.17. The van der Waals surface area contributed by atoms with Gasteiger partial charge in [-0.3, -0.25) is 4.98 Å². The highest BCUT2D eigenvalue weighted by molar-refractivity contribution is 5.74. The van der Waals surface area contributed by atoms with Gasteiger partial charge in [0, 0.05) is 38.6 Å². The number of nitrogens with zero attached hydrogens (tertiary/aromatic N) is 3. The van der Waals surface area contributed by atoms with Gasteiger partial charge in [0.05, 0.1) is 0 Å². The van der Waals surface area contributed by atoms with Crippen LogP contribution in [0.25, 0.3) is 0 Å². The van der Waals surface area contributed by atoms with E-state index in [-0.39, 0.29) is 6.03 Å². The largest absolute Gasteiger partial charge is 0.338 e. The molecule has 1 saturated heterocycles. The molecule has 0 bridgehead atoms. The van der Waals surface area contributed by atoms with E-state index in [0.717, 1.165) is 32.5 Å². The monoisotopic (exact) mass is 290 g/mol. The van der Waals surface area contributed by atoms with Crippen LogP contribution in [-0.4, -0.2) is 61.1 Å². The number of urea groups is 1. The number of aromatic nitrogens is 1. The second-order valence-corrected chi connectivity index (χ2v) is 6.15. The number of pyridine rings is 1. The number of carbonyl (C=O) groups is 1. The highest BCUT2D eigenvalue weighted by Crippen LogP contribution is 2.16. The van der Waals surface area contributed by atoms with Crippen LogP contribution in [0.3, 0.4) is 0 Å². The van der Waals surface area contributed by atoms with Crippen LogP contribution < -0.4 is 5.32 Å². The molecule has 2 rings (SSSR count). The molecule has 5 nitrogen and oxygen atoms in total. The lowest BCUT2D eigenvalue weighted by Gasteiger charge is -2.19. The molecule has 5 heteroatoms. The summed E-state index contributed by atoms with van der Waals surface area (Å²) >= 11 is 0. The van der Waals surface area contributed by atoms with Gasteiger partial charge in [0.2, 0.25) is 0 Å². The molecule has 1 aliphatic heterocycles. The number of amides is 2. The second kappa shape index (κ2) is 7.41. The van der Waals surface area contributed by atoms with Crippen LogP contribution in [0.5, 0.6) is 0 Å². The molecule has 0 unspecified atom stereocenters. The molecule has 0 saturated carbocycles. The predicted molar refractivity (Wildman–Crippen MR) is 84.3 cm³/mol. The SMILES string of the molecule is Cc1cnccc1CCNC(=O)N1CC[C@H](CN(C)C)C1. The molecule has 0 radical (unpaired) electrons. The number of carbonyl (C=O) groups excluding carboxylic acids is 1. The van der Waals surface area contributed by atoms with Crippen molar-refractivity contribution in [1.29, 1.82) is 0 Å². The van der Waals surface area contributed by atoms with Crippen LogP contribution in [0.2, 0.25) is 0 Å². The fourth-order valence-corrected chi connectivity index (χ4v) is 2.88. The van der Waals surface area contributed by atoms with Gasteiger partial charge in [-0.15, -0.1) is 0 Å². The van der Waals surface area contributed by atoms with E-state index in [9.17, 15) is 4.79 Å². The number of hydrogen-bond acceptors (Lipinski definition) is 3. The molecule has 21 heavy (non-hydrogen) atoms. The van der Waals surface area contributed by atoms with Gasteiger partial charge in [-0.05, 0) is 57.0 Å². The van der Waals surface area contributed by atoms with Crippen molar-refractivity contribution in [3.63, 3.8) is 0 Å². The Balaban J connectivity index is 1.72. The third-order valence-electron chi connectivity index (χ3n) is 4.00. The van der Waals surface area contributed by atoms with E-state index in [4.69, 9.17) is 0 Å². The first-order chi connectivity index (χ1) is 10.1. The van der Waals surface area contributed by atoms with E-state index in [1.54, 1.807) is 6.20 Å². The lowest BCUT2D eigenvalue weighted by Crippen LogP contribution is -2.39. The standard InChI is InChI=1S/C16H26N4O/c1-13-10-17-7-4-15(13)5-8-18-16(21)20-9-6-14(12-20)11-19(2)3/h4,7,10,14H,5-6,8-9,11-12H2,1-3H3,(H,18,21)/t14-/m1/s1. The van der Waals surface area contributed by atoms with E-state index < -0.39 is 0 Å². The van der Waals surface area contributed by atoms with Crippen molar-refractivity contribution in [3.05, 3.63) is 29.6 Å². The minimum atomic E-state index is 0.0722. The zero-order valence-corrected chi connectivity index (χ0v) is 13.3. The second-order valence-electron chi connectivity index (χ2n) is 6.15. The first-order valence-corrected chi connectivity index (χ1v) is 7.63. The summed E-state index contributed by atoms with van der Waals surface area (Å²) in [6, 6.07) is 2.09. The first-order valence-electron chi connectivity index (χ1n) is 7.63. The Morgan fingerprint density at radius 3 is 3.05 bits per heavy atom. The van der Waals surface area contributed by atoms with Gasteiger partial charge in [0.1, 0.15) is 0 Å². The van der Waals surface area contributed by atoms with Crippen LogP contribution >= 0.6 is 0 Å². The fraction of sp³-hybridized carbons (Fsp3) is 0.625. The van der Waals surface area contributed by atoms with Crippen molar-refractivity contribution in [2.24, 2.45) is 5.92 Å². The quantitative estimate of drug-likeness (QED) is 0.894. The topological polar surface area (TPSA) is 48.5 Å². The van der Waals surface area contributed by atoms with Crippen LogP contribution in [-0.2, 0) is 6.42 Å². The van der Waals surface area contributed by atoms with E-state index >= 15 is 0 Å². The minimum absolute atomic E-state index is 0.0722. The summed E-state index contributed by atoms with van der Waals surface area (Å²) < 4.78 is 0. The van der Waals surface area contributed by atoms with Crippen molar-refractivity contribution in [3.8, 4) is 0 Å².